The van der Waals surface area contributed by atoms with E-state index in [0.29, 0.717) is 17.0 Å². The summed E-state index contributed by atoms with van der Waals surface area (Å²) in [5.41, 5.74) is 0. The van der Waals surface area contributed by atoms with Crippen molar-refractivity contribution in [2.45, 2.75) is 19.4 Å². The maximum Gasteiger partial charge on any atom is 0.328 e. The third-order valence-corrected chi connectivity index (χ3v) is 4.16. The van der Waals surface area contributed by atoms with E-state index in [0.717, 1.165) is 3.79 Å². The van der Waals surface area contributed by atoms with E-state index in [2.05, 4.69) is 27.8 Å². The number of carbonyl (C=O) groups is 2. The van der Waals surface area contributed by atoms with E-state index in [1.54, 1.807) is 19.1 Å². The zero-order chi connectivity index (χ0) is 15.1. The van der Waals surface area contributed by atoms with E-state index in [9.17, 15) is 9.59 Å². The van der Waals surface area contributed by atoms with Gasteiger partial charge in [-0.2, -0.15) is 0 Å². The van der Waals surface area contributed by atoms with E-state index in [1.807, 2.05) is 0 Å². The molecule has 0 aliphatic carbocycles. The minimum atomic E-state index is -0.730. The molecule has 0 saturated heterocycles. The van der Waals surface area contributed by atoms with Crippen LogP contribution < -0.4 is 10.1 Å². The molecule has 0 aliphatic heterocycles. The quantitative estimate of drug-likeness (QED) is 0.599. The average molecular weight is 362 g/mol. The van der Waals surface area contributed by atoms with Gasteiger partial charge < -0.3 is 14.8 Å². The van der Waals surface area contributed by atoms with Crippen molar-refractivity contribution in [3.63, 3.8) is 0 Å². The van der Waals surface area contributed by atoms with Crippen LogP contribution in [-0.4, -0.2) is 31.6 Å². The molecule has 0 saturated carbocycles. The number of rotatable bonds is 7. The topological polar surface area (TPSA) is 64.6 Å². The van der Waals surface area contributed by atoms with Crippen LogP contribution in [0.25, 0.3) is 0 Å². The number of methoxy groups -OCH3 is 1. The van der Waals surface area contributed by atoms with Gasteiger partial charge in [-0.1, -0.05) is 6.08 Å². The van der Waals surface area contributed by atoms with Gasteiger partial charge in [0, 0.05) is 6.07 Å². The van der Waals surface area contributed by atoms with E-state index >= 15 is 0 Å². The van der Waals surface area contributed by atoms with Gasteiger partial charge in [0.2, 0.25) is 0 Å². The molecule has 7 heteroatoms. The highest BCUT2D eigenvalue weighted by molar-refractivity contribution is 9.11. The SMILES string of the molecule is C=CCC(NC(=O)c1cc(OC)c(Br)s1)C(=O)OCC. The van der Waals surface area contributed by atoms with Gasteiger partial charge in [0.25, 0.3) is 5.91 Å². The zero-order valence-corrected chi connectivity index (χ0v) is 13.7. The van der Waals surface area contributed by atoms with Crippen molar-refractivity contribution in [2.24, 2.45) is 0 Å². The van der Waals surface area contributed by atoms with Gasteiger partial charge in [0.1, 0.15) is 15.6 Å². The number of ether oxygens (including phenoxy) is 2. The predicted molar refractivity (Wildman–Crippen MR) is 81.3 cm³/mol. The Morgan fingerprint density at radius 2 is 2.30 bits per heavy atom. The van der Waals surface area contributed by atoms with Gasteiger partial charge in [-0.25, -0.2) is 4.79 Å². The van der Waals surface area contributed by atoms with Gasteiger partial charge in [0.05, 0.1) is 18.6 Å². The van der Waals surface area contributed by atoms with Crippen LogP contribution in [-0.2, 0) is 9.53 Å². The normalized spacial score (nSPS) is 11.6. The number of halogens is 1. The van der Waals surface area contributed by atoms with Crippen molar-refractivity contribution in [1.82, 2.24) is 5.32 Å². The molecule has 1 rings (SSSR count). The number of amides is 1. The lowest BCUT2D eigenvalue weighted by Crippen LogP contribution is -2.41. The molecule has 1 atom stereocenters. The number of thiophene rings is 1. The van der Waals surface area contributed by atoms with Gasteiger partial charge in [-0.3, -0.25) is 4.79 Å². The van der Waals surface area contributed by atoms with Crippen molar-refractivity contribution >= 4 is 39.1 Å². The summed E-state index contributed by atoms with van der Waals surface area (Å²) in [7, 11) is 1.52. The van der Waals surface area contributed by atoms with Gasteiger partial charge in [-0.15, -0.1) is 17.9 Å². The second kappa shape index (κ2) is 8.06. The third-order valence-electron chi connectivity index (χ3n) is 2.38. The van der Waals surface area contributed by atoms with Gasteiger partial charge in [-0.05, 0) is 29.3 Å². The van der Waals surface area contributed by atoms with Crippen molar-refractivity contribution in [2.75, 3.05) is 13.7 Å². The van der Waals surface area contributed by atoms with Crippen LogP contribution in [0.3, 0.4) is 0 Å². The molecule has 1 unspecified atom stereocenters. The second-order valence-corrected chi connectivity index (χ2v) is 6.13. The van der Waals surface area contributed by atoms with E-state index in [4.69, 9.17) is 9.47 Å². The monoisotopic (exact) mass is 361 g/mol. The summed E-state index contributed by atoms with van der Waals surface area (Å²) in [5, 5.41) is 2.63. The fourth-order valence-corrected chi connectivity index (χ4v) is 3.01. The molecule has 0 bridgehead atoms. The minimum absolute atomic E-state index is 0.265. The zero-order valence-electron chi connectivity index (χ0n) is 11.3. The summed E-state index contributed by atoms with van der Waals surface area (Å²) in [6.07, 6.45) is 1.88. The molecule has 1 heterocycles. The Kier molecular flexibility index (Phi) is 6.74. The lowest BCUT2D eigenvalue weighted by molar-refractivity contribution is -0.145. The Morgan fingerprint density at radius 1 is 1.60 bits per heavy atom. The maximum atomic E-state index is 12.1. The first kappa shape index (κ1) is 16.7. The summed E-state index contributed by atoms with van der Waals surface area (Å²) in [5.74, 6) is -0.237. The average Bonchev–Trinajstić information content (AvgIpc) is 2.79. The van der Waals surface area contributed by atoms with E-state index < -0.39 is 12.0 Å². The van der Waals surface area contributed by atoms with Crippen LogP contribution in [0.1, 0.15) is 23.0 Å². The Hall–Kier alpha value is -1.34. The fraction of sp³-hybridized carbons (Fsp3) is 0.385. The minimum Gasteiger partial charge on any atom is -0.495 e. The summed E-state index contributed by atoms with van der Waals surface area (Å²) in [6, 6.07) is 0.882. The molecular weight excluding hydrogens is 346 g/mol. The van der Waals surface area contributed by atoms with Crippen LogP contribution in [0.4, 0.5) is 0 Å². The molecule has 0 fully saturated rings. The Bertz CT molecular complexity index is 501. The van der Waals surface area contributed by atoms with Crippen molar-refractivity contribution in [1.29, 1.82) is 0 Å². The van der Waals surface area contributed by atoms with Gasteiger partial charge in [0.15, 0.2) is 0 Å². The molecule has 0 radical (unpaired) electrons. The number of esters is 1. The van der Waals surface area contributed by atoms with E-state index in [1.165, 1.54) is 18.4 Å². The van der Waals surface area contributed by atoms with E-state index in [-0.39, 0.29) is 12.5 Å². The van der Waals surface area contributed by atoms with Crippen LogP contribution >= 0.6 is 27.3 Å². The lowest BCUT2D eigenvalue weighted by atomic mass is 10.2. The highest BCUT2D eigenvalue weighted by atomic mass is 79.9. The summed E-state index contributed by atoms with van der Waals surface area (Å²) in [4.78, 5) is 24.3. The van der Waals surface area contributed by atoms with Crippen LogP contribution in [0.5, 0.6) is 5.75 Å². The number of hydrogen-bond donors (Lipinski definition) is 1. The Morgan fingerprint density at radius 3 is 2.80 bits per heavy atom. The van der Waals surface area contributed by atoms with Crippen LogP contribution in [0.15, 0.2) is 22.5 Å². The van der Waals surface area contributed by atoms with Crippen LogP contribution in [0, 0.1) is 0 Å². The summed E-state index contributed by atoms with van der Waals surface area (Å²) >= 11 is 4.54. The molecular formula is C13H16BrNO4S. The first-order chi connectivity index (χ1) is 9.53. The number of nitrogens with one attached hydrogen (secondary N) is 1. The number of carbonyl (C=O) groups excluding carboxylic acids is 2. The number of hydrogen-bond acceptors (Lipinski definition) is 5. The highest BCUT2D eigenvalue weighted by Crippen LogP contribution is 2.34. The first-order valence-corrected chi connectivity index (χ1v) is 7.56. The molecule has 5 nitrogen and oxygen atoms in total. The molecule has 1 N–H and O–H groups in total. The first-order valence-electron chi connectivity index (χ1n) is 5.95. The molecule has 1 amide bonds. The summed E-state index contributed by atoms with van der Waals surface area (Å²) in [6.45, 7) is 5.55. The molecule has 0 aromatic carbocycles. The molecule has 0 aliphatic rings. The molecule has 0 spiro atoms. The second-order valence-electron chi connectivity index (χ2n) is 3.76. The lowest BCUT2D eigenvalue weighted by Gasteiger charge is -2.14. The molecule has 110 valence electrons. The fourth-order valence-electron chi connectivity index (χ4n) is 1.46. The Labute approximate surface area is 130 Å². The maximum absolute atomic E-state index is 12.1. The van der Waals surface area contributed by atoms with Gasteiger partial charge >= 0.3 is 5.97 Å². The highest BCUT2D eigenvalue weighted by Gasteiger charge is 2.23. The molecule has 1 aromatic rings. The van der Waals surface area contributed by atoms with Crippen molar-refractivity contribution < 1.29 is 19.1 Å². The smallest absolute Gasteiger partial charge is 0.328 e. The summed E-state index contributed by atoms with van der Waals surface area (Å²) < 4.78 is 10.7. The standard InChI is InChI=1S/C13H16BrNO4S/c1-4-6-8(13(17)19-5-2)15-12(16)10-7-9(18-3)11(14)20-10/h4,7-8H,1,5-6H2,2-3H3,(H,15,16). The van der Waals surface area contributed by atoms with Crippen LogP contribution in [0.2, 0.25) is 0 Å². The van der Waals surface area contributed by atoms with Crippen molar-refractivity contribution in [3.05, 3.63) is 27.4 Å². The molecule has 20 heavy (non-hydrogen) atoms. The molecule has 1 aromatic heterocycles. The Balaban J connectivity index is 2.79. The third kappa shape index (κ3) is 4.35. The predicted octanol–water partition coefficient (Wildman–Crippen LogP) is 2.76. The largest absolute Gasteiger partial charge is 0.495 e. The van der Waals surface area contributed by atoms with Crippen molar-refractivity contribution in [3.8, 4) is 5.75 Å².